The van der Waals surface area contributed by atoms with Gasteiger partial charge in [-0.05, 0) is 96.7 Å². The highest BCUT2D eigenvalue weighted by atomic mass is 79.9. The summed E-state index contributed by atoms with van der Waals surface area (Å²) in [5, 5.41) is 0. The molecule has 24 heavy (non-hydrogen) atoms. The van der Waals surface area contributed by atoms with Gasteiger partial charge in [-0.2, -0.15) is 0 Å². The maximum absolute atomic E-state index is 3.83. The van der Waals surface area contributed by atoms with E-state index in [1.54, 1.807) is 0 Å². The molecule has 0 atom stereocenters. The van der Waals surface area contributed by atoms with Crippen molar-refractivity contribution in [3.8, 4) is 0 Å². The second-order valence-corrected chi connectivity index (χ2v) is 9.74. The van der Waals surface area contributed by atoms with E-state index in [0.29, 0.717) is 0 Å². The van der Waals surface area contributed by atoms with Crippen LogP contribution in [0, 0.1) is 11.8 Å². The van der Waals surface area contributed by atoms with E-state index in [0.717, 1.165) is 11.8 Å². The molecule has 0 bridgehead atoms. The standard InChI is InChI=1S/C21H33BrN2/c1-21(2,3)18-5-6-20(19(22)15-18)24-13-9-17(10-14-24)16-7-11-23(4)12-8-16/h5-6,15-17H,7-14H2,1-4H3. The van der Waals surface area contributed by atoms with Crippen molar-refractivity contribution in [1.82, 2.24) is 4.90 Å². The first kappa shape index (κ1) is 18.3. The summed E-state index contributed by atoms with van der Waals surface area (Å²) in [6.45, 7) is 11.9. The van der Waals surface area contributed by atoms with Crippen molar-refractivity contribution in [2.24, 2.45) is 11.8 Å². The van der Waals surface area contributed by atoms with E-state index in [-0.39, 0.29) is 5.41 Å². The Balaban J connectivity index is 1.60. The molecule has 0 saturated carbocycles. The number of benzene rings is 1. The molecule has 2 aliphatic rings. The maximum Gasteiger partial charge on any atom is 0.0510 e. The van der Waals surface area contributed by atoms with Gasteiger partial charge in [0, 0.05) is 17.6 Å². The van der Waals surface area contributed by atoms with E-state index in [4.69, 9.17) is 0 Å². The van der Waals surface area contributed by atoms with Gasteiger partial charge in [0.2, 0.25) is 0 Å². The molecule has 0 amide bonds. The van der Waals surface area contributed by atoms with Gasteiger partial charge in [0.15, 0.2) is 0 Å². The van der Waals surface area contributed by atoms with Crippen molar-refractivity contribution in [2.45, 2.75) is 51.9 Å². The molecular formula is C21H33BrN2. The molecule has 2 saturated heterocycles. The Bertz CT molecular complexity index is 547. The van der Waals surface area contributed by atoms with Crippen LogP contribution >= 0.6 is 15.9 Å². The minimum Gasteiger partial charge on any atom is -0.371 e. The number of hydrogen-bond acceptors (Lipinski definition) is 2. The minimum absolute atomic E-state index is 0.211. The summed E-state index contributed by atoms with van der Waals surface area (Å²) >= 11 is 3.83. The molecule has 2 heterocycles. The molecule has 0 aromatic heterocycles. The summed E-state index contributed by atoms with van der Waals surface area (Å²) in [6.07, 6.45) is 5.54. The third kappa shape index (κ3) is 4.16. The van der Waals surface area contributed by atoms with Crippen LogP contribution in [0.3, 0.4) is 0 Å². The van der Waals surface area contributed by atoms with Crippen LogP contribution in [0.4, 0.5) is 5.69 Å². The van der Waals surface area contributed by atoms with E-state index in [9.17, 15) is 0 Å². The minimum atomic E-state index is 0.211. The van der Waals surface area contributed by atoms with Crippen LogP contribution in [0.2, 0.25) is 0 Å². The topological polar surface area (TPSA) is 6.48 Å². The van der Waals surface area contributed by atoms with Crippen LogP contribution in [0.15, 0.2) is 22.7 Å². The normalized spacial score (nSPS) is 22.1. The fraction of sp³-hybridized carbons (Fsp3) is 0.714. The van der Waals surface area contributed by atoms with E-state index in [1.807, 2.05) is 0 Å². The van der Waals surface area contributed by atoms with Crippen molar-refractivity contribution in [1.29, 1.82) is 0 Å². The molecular weight excluding hydrogens is 360 g/mol. The number of halogens is 1. The Hall–Kier alpha value is -0.540. The number of rotatable bonds is 2. The lowest BCUT2D eigenvalue weighted by Crippen LogP contribution is -2.40. The zero-order valence-corrected chi connectivity index (χ0v) is 17.4. The van der Waals surface area contributed by atoms with Crippen molar-refractivity contribution < 1.29 is 0 Å². The summed E-state index contributed by atoms with van der Waals surface area (Å²) in [4.78, 5) is 5.07. The Morgan fingerprint density at radius 1 is 0.917 bits per heavy atom. The van der Waals surface area contributed by atoms with Gasteiger partial charge in [-0.25, -0.2) is 0 Å². The molecule has 0 radical (unpaired) electrons. The third-order valence-corrected chi connectivity index (χ3v) is 6.76. The lowest BCUT2D eigenvalue weighted by Gasteiger charge is -2.40. The van der Waals surface area contributed by atoms with Crippen LogP contribution in [-0.4, -0.2) is 38.1 Å². The summed E-state index contributed by atoms with van der Waals surface area (Å²) in [5.41, 5.74) is 2.99. The highest BCUT2D eigenvalue weighted by Gasteiger charge is 2.29. The van der Waals surface area contributed by atoms with Crippen LogP contribution in [0.5, 0.6) is 0 Å². The number of hydrogen-bond donors (Lipinski definition) is 0. The van der Waals surface area contributed by atoms with E-state index >= 15 is 0 Å². The molecule has 1 aromatic rings. The molecule has 0 N–H and O–H groups in total. The number of likely N-dealkylation sites (tertiary alicyclic amines) is 1. The van der Waals surface area contributed by atoms with Gasteiger partial charge in [-0.15, -0.1) is 0 Å². The van der Waals surface area contributed by atoms with E-state index in [1.165, 1.54) is 67.6 Å². The molecule has 2 aliphatic heterocycles. The zero-order valence-electron chi connectivity index (χ0n) is 15.8. The molecule has 2 fully saturated rings. The van der Waals surface area contributed by atoms with Crippen molar-refractivity contribution in [3.63, 3.8) is 0 Å². The van der Waals surface area contributed by atoms with Crippen molar-refractivity contribution in [3.05, 3.63) is 28.2 Å². The molecule has 0 spiro atoms. The number of anilines is 1. The van der Waals surface area contributed by atoms with Crippen LogP contribution in [-0.2, 0) is 5.41 Å². The van der Waals surface area contributed by atoms with Gasteiger partial charge in [-0.1, -0.05) is 26.8 Å². The molecule has 2 nitrogen and oxygen atoms in total. The first-order chi connectivity index (χ1) is 11.3. The SMILES string of the molecule is CN1CCC(C2CCN(c3ccc(C(C)(C)C)cc3Br)CC2)CC1. The van der Waals surface area contributed by atoms with Gasteiger partial charge in [0.25, 0.3) is 0 Å². The van der Waals surface area contributed by atoms with Crippen molar-refractivity contribution >= 4 is 21.6 Å². The fourth-order valence-electron chi connectivity index (χ4n) is 4.34. The summed E-state index contributed by atoms with van der Waals surface area (Å²) in [6, 6.07) is 6.95. The molecule has 3 heteroatoms. The lowest BCUT2D eigenvalue weighted by molar-refractivity contribution is 0.154. The van der Waals surface area contributed by atoms with Crippen LogP contribution in [0.1, 0.15) is 52.0 Å². The first-order valence-corrected chi connectivity index (χ1v) is 10.4. The van der Waals surface area contributed by atoms with Gasteiger partial charge in [-0.3, -0.25) is 0 Å². The largest absolute Gasteiger partial charge is 0.371 e. The molecule has 0 aliphatic carbocycles. The van der Waals surface area contributed by atoms with Gasteiger partial charge >= 0.3 is 0 Å². The monoisotopic (exact) mass is 392 g/mol. The van der Waals surface area contributed by atoms with Gasteiger partial charge < -0.3 is 9.80 Å². The van der Waals surface area contributed by atoms with Gasteiger partial charge in [0.05, 0.1) is 5.69 Å². The Kier molecular flexibility index (Phi) is 5.61. The molecule has 1 aromatic carbocycles. The summed E-state index contributed by atoms with van der Waals surface area (Å²) in [5.74, 6) is 1.91. The Labute approximate surface area is 156 Å². The lowest BCUT2D eigenvalue weighted by atomic mass is 9.79. The van der Waals surface area contributed by atoms with Crippen LogP contribution < -0.4 is 4.90 Å². The van der Waals surface area contributed by atoms with E-state index in [2.05, 4.69) is 71.7 Å². The van der Waals surface area contributed by atoms with Gasteiger partial charge in [0.1, 0.15) is 0 Å². The Morgan fingerprint density at radius 2 is 1.46 bits per heavy atom. The number of piperidine rings is 2. The predicted molar refractivity (Wildman–Crippen MR) is 108 cm³/mol. The smallest absolute Gasteiger partial charge is 0.0510 e. The third-order valence-electron chi connectivity index (χ3n) is 6.12. The zero-order chi connectivity index (χ0) is 17.3. The Morgan fingerprint density at radius 3 is 1.96 bits per heavy atom. The number of nitrogens with zero attached hydrogens (tertiary/aromatic N) is 2. The average Bonchev–Trinajstić information content (AvgIpc) is 2.55. The second-order valence-electron chi connectivity index (χ2n) is 8.88. The molecule has 134 valence electrons. The molecule has 0 unspecified atom stereocenters. The highest BCUT2D eigenvalue weighted by molar-refractivity contribution is 9.10. The average molecular weight is 393 g/mol. The maximum atomic E-state index is 3.83. The van der Waals surface area contributed by atoms with Crippen molar-refractivity contribution in [2.75, 3.05) is 38.1 Å². The first-order valence-electron chi connectivity index (χ1n) is 9.58. The predicted octanol–water partition coefficient (Wildman–Crippen LogP) is 5.30. The van der Waals surface area contributed by atoms with Crippen LogP contribution in [0.25, 0.3) is 0 Å². The molecule has 3 rings (SSSR count). The summed E-state index contributed by atoms with van der Waals surface area (Å²) in [7, 11) is 2.26. The quantitative estimate of drug-likeness (QED) is 0.672. The fourth-order valence-corrected chi connectivity index (χ4v) is 4.97. The highest BCUT2D eigenvalue weighted by Crippen LogP contribution is 2.37. The second kappa shape index (κ2) is 7.37. The summed E-state index contributed by atoms with van der Waals surface area (Å²) < 4.78 is 1.26. The van der Waals surface area contributed by atoms with E-state index < -0.39 is 0 Å².